The summed E-state index contributed by atoms with van der Waals surface area (Å²) in [6.07, 6.45) is 5.46. The standard InChI is InChI=1S/C29H39N5O2/c1-19-9-7-8-10-23(19)24-15-20-18-30-27(31-21-16-28(2,3)33(6)29(4,5)17-21)32-25(20)34(26(24)35)22-11-13-36-14-12-22/h7-10,15,18,21-22H,11-14,16-17H2,1-6H3,(H,30,31,32). The van der Waals surface area contributed by atoms with Crippen molar-refractivity contribution in [1.82, 2.24) is 19.4 Å². The number of rotatable bonds is 4. The molecule has 1 N–H and O–H groups in total. The number of benzene rings is 1. The molecule has 2 aliphatic rings. The lowest BCUT2D eigenvalue weighted by Crippen LogP contribution is -2.61. The molecule has 36 heavy (non-hydrogen) atoms. The van der Waals surface area contributed by atoms with E-state index in [0.717, 1.165) is 42.2 Å². The van der Waals surface area contributed by atoms with Gasteiger partial charge in [-0.15, -0.1) is 0 Å². The summed E-state index contributed by atoms with van der Waals surface area (Å²) >= 11 is 0. The second-order valence-electron chi connectivity index (χ2n) is 11.8. The number of hydrogen-bond donors (Lipinski definition) is 1. The van der Waals surface area contributed by atoms with Crippen molar-refractivity contribution in [2.75, 3.05) is 25.6 Å². The van der Waals surface area contributed by atoms with Gasteiger partial charge in [-0.3, -0.25) is 14.3 Å². The summed E-state index contributed by atoms with van der Waals surface area (Å²) < 4.78 is 7.53. The van der Waals surface area contributed by atoms with E-state index in [2.05, 4.69) is 45.0 Å². The number of piperidine rings is 1. The number of anilines is 1. The van der Waals surface area contributed by atoms with Crippen LogP contribution in [0.4, 0.5) is 5.95 Å². The Kier molecular flexibility index (Phi) is 6.41. The zero-order valence-corrected chi connectivity index (χ0v) is 22.5. The molecule has 7 nitrogen and oxygen atoms in total. The van der Waals surface area contributed by atoms with Crippen molar-refractivity contribution in [1.29, 1.82) is 0 Å². The van der Waals surface area contributed by atoms with Crippen molar-refractivity contribution < 1.29 is 4.74 Å². The normalized spacial score (nSPS) is 21.1. The molecule has 0 radical (unpaired) electrons. The molecule has 0 amide bonds. The predicted octanol–water partition coefficient (Wildman–Crippen LogP) is 5.18. The van der Waals surface area contributed by atoms with Crippen LogP contribution in [-0.2, 0) is 4.74 Å². The van der Waals surface area contributed by atoms with Gasteiger partial charge in [-0.1, -0.05) is 24.3 Å². The number of nitrogens with zero attached hydrogens (tertiary/aromatic N) is 4. The molecule has 0 unspecified atom stereocenters. The molecule has 0 saturated carbocycles. The minimum atomic E-state index is 0.00917. The van der Waals surface area contributed by atoms with Crippen LogP contribution in [0.3, 0.4) is 0 Å². The largest absolute Gasteiger partial charge is 0.381 e. The van der Waals surface area contributed by atoms with Gasteiger partial charge < -0.3 is 10.1 Å². The van der Waals surface area contributed by atoms with Crippen LogP contribution in [0, 0.1) is 6.92 Å². The molecule has 3 aromatic rings. The molecule has 192 valence electrons. The van der Waals surface area contributed by atoms with E-state index in [1.54, 1.807) is 0 Å². The smallest absolute Gasteiger partial charge is 0.260 e. The molecule has 0 spiro atoms. The van der Waals surface area contributed by atoms with Crippen molar-refractivity contribution in [2.45, 2.75) is 83.5 Å². The highest BCUT2D eigenvalue weighted by molar-refractivity contribution is 5.82. The maximum absolute atomic E-state index is 14.0. The molecule has 2 saturated heterocycles. The third-order valence-corrected chi connectivity index (χ3v) is 8.41. The van der Waals surface area contributed by atoms with Crippen LogP contribution in [0.2, 0.25) is 0 Å². The maximum atomic E-state index is 14.0. The zero-order valence-electron chi connectivity index (χ0n) is 22.5. The molecular weight excluding hydrogens is 450 g/mol. The highest BCUT2D eigenvalue weighted by Crippen LogP contribution is 2.38. The van der Waals surface area contributed by atoms with Gasteiger partial charge in [-0.25, -0.2) is 4.98 Å². The van der Waals surface area contributed by atoms with Crippen LogP contribution in [0.5, 0.6) is 0 Å². The van der Waals surface area contributed by atoms with E-state index in [0.29, 0.717) is 30.4 Å². The van der Waals surface area contributed by atoms with E-state index in [1.807, 2.05) is 48.0 Å². The first-order chi connectivity index (χ1) is 17.1. The van der Waals surface area contributed by atoms with Gasteiger partial charge in [0.2, 0.25) is 5.95 Å². The first-order valence-corrected chi connectivity index (χ1v) is 13.1. The van der Waals surface area contributed by atoms with Crippen LogP contribution in [-0.4, -0.2) is 56.8 Å². The predicted molar refractivity (Wildman–Crippen MR) is 146 cm³/mol. The molecule has 0 aliphatic carbocycles. The van der Waals surface area contributed by atoms with Gasteiger partial charge in [0.1, 0.15) is 5.65 Å². The molecule has 2 aromatic heterocycles. The average Bonchev–Trinajstić information content (AvgIpc) is 2.83. The topological polar surface area (TPSA) is 72.3 Å². The Hall–Kier alpha value is -2.77. The summed E-state index contributed by atoms with van der Waals surface area (Å²) in [6.45, 7) is 12.5. The second kappa shape index (κ2) is 9.27. The monoisotopic (exact) mass is 489 g/mol. The maximum Gasteiger partial charge on any atom is 0.260 e. The zero-order chi connectivity index (χ0) is 25.7. The number of fused-ring (bicyclic) bond motifs is 1. The minimum absolute atomic E-state index is 0.00917. The molecule has 0 atom stereocenters. The van der Waals surface area contributed by atoms with Crippen molar-refractivity contribution in [3.05, 3.63) is 52.4 Å². The number of aryl methyl sites for hydroxylation is 1. The molecule has 1 aromatic carbocycles. The molecule has 2 fully saturated rings. The van der Waals surface area contributed by atoms with Gasteiger partial charge in [0.15, 0.2) is 0 Å². The highest BCUT2D eigenvalue weighted by atomic mass is 16.5. The van der Waals surface area contributed by atoms with Crippen LogP contribution >= 0.6 is 0 Å². The fourth-order valence-electron chi connectivity index (χ4n) is 6.20. The third kappa shape index (κ3) is 4.55. The molecule has 5 rings (SSSR count). The lowest BCUT2D eigenvalue weighted by molar-refractivity contribution is -0.00778. The Morgan fingerprint density at radius 2 is 1.69 bits per heavy atom. The quantitative estimate of drug-likeness (QED) is 0.544. The summed E-state index contributed by atoms with van der Waals surface area (Å²) in [5.41, 5.74) is 3.58. The van der Waals surface area contributed by atoms with Gasteiger partial charge >= 0.3 is 0 Å². The van der Waals surface area contributed by atoms with E-state index < -0.39 is 0 Å². The van der Waals surface area contributed by atoms with Crippen LogP contribution in [0.25, 0.3) is 22.2 Å². The van der Waals surface area contributed by atoms with E-state index in [1.165, 1.54) is 0 Å². The first-order valence-electron chi connectivity index (χ1n) is 13.1. The fourth-order valence-corrected chi connectivity index (χ4v) is 6.20. The number of ether oxygens (including phenoxy) is 1. The number of aromatic nitrogens is 3. The van der Waals surface area contributed by atoms with E-state index >= 15 is 0 Å². The molecule has 0 bridgehead atoms. The Labute approximate surface area is 213 Å². The molecule has 2 aliphatic heterocycles. The summed E-state index contributed by atoms with van der Waals surface area (Å²) in [7, 11) is 2.21. The van der Waals surface area contributed by atoms with Crippen LogP contribution in [0.1, 0.15) is 65.0 Å². The van der Waals surface area contributed by atoms with Crippen molar-refractivity contribution in [2.24, 2.45) is 0 Å². The Morgan fingerprint density at radius 1 is 1.03 bits per heavy atom. The number of pyridine rings is 1. The van der Waals surface area contributed by atoms with Crippen LogP contribution in [0.15, 0.2) is 41.3 Å². The van der Waals surface area contributed by atoms with Crippen molar-refractivity contribution >= 4 is 17.0 Å². The lowest BCUT2D eigenvalue weighted by atomic mass is 9.77. The van der Waals surface area contributed by atoms with Gasteiger partial charge in [0.25, 0.3) is 5.56 Å². The summed E-state index contributed by atoms with van der Waals surface area (Å²) in [6, 6.07) is 10.3. The number of likely N-dealkylation sites (tertiary alicyclic amines) is 1. The Balaban J connectivity index is 1.59. The van der Waals surface area contributed by atoms with Gasteiger partial charge in [-0.2, -0.15) is 4.98 Å². The van der Waals surface area contributed by atoms with Crippen molar-refractivity contribution in [3.8, 4) is 11.1 Å². The Bertz CT molecular complexity index is 1300. The SMILES string of the molecule is Cc1ccccc1-c1cc2cnc(NC3CC(C)(C)N(C)C(C)(C)C3)nc2n(C2CCOCC2)c1=O. The van der Waals surface area contributed by atoms with Gasteiger partial charge in [-0.05, 0) is 84.5 Å². The molecule has 7 heteroatoms. The first kappa shape index (κ1) is 24.9. The third-order valence-electron chi connectivity index (χ3n) is 8.41. The van der Waals surface area contributed by atoms with E-state index in [-0.39, 0.29) is 28.7 Å². The molecule has 4 heterocycles. The summed E-state index contributed by atoms with van der Waals surface area (Å²) in [4.78, 5) is 26.1. The van der Waals surface area contributed by atoms with Gasteiger partial charge in [0.05, 0.1) is 0 Å². The van der Waals surface area contributed by atoms with Crippen molar-refractivity contribution in [3.63, 3.8) is 0 Å². The number of nitrogens with one attached hydrogen (secondary N) is 1. The summed E-state index contributed by atoms with van der Waals surface area (Å²) in [5, 5.41) is 4.50. The van der Waals surface area contributed by atoms with E-state index in [4.69, 9.17) is 14.7 Å². The second-order valence-corrected chi connectivity index (χ2v) is 11.8. The Morgan fingerprint density at radius 3 is 2.36 bits per heavy atom. The fraction of sp³-hybridized carbons (Fsp3) is 0.552. The lowest BCUT2D eigenvalue weighted by Gasteiger charge is -2.53. The average molecular weight is 490 g/mol. The van der Waals surface area contributed by atoms with Crippen LogP contribution < -0.4 is 10.9 Å². The molecular formula is C29H39N5O2. The summed E-state index contributed by atoms with van der Waals surface area (Å²) in [5.74, 6) is 0.590. The highest BCUT2D eigenvalue weighted by Gasteiger charge is 2.43. The van der Waals surface area contributed by atoms with Gasteiger partial charge in [0, 0.05) is 53.5 Å². The number of hydrogen-bond acceptors (Lipinski definition) is 6. The minimum Gasteiger partial charge on any atom is -0.381 e. The van der Waals surface area contributed by atoms with E-state index in [9.17, 15) is 4.79 Å².